The molecular formula is C68H102N6O8S2. The average molecular weight is 1200 g/mol. The topological polar surface area (TPSA) is 239 Å². The summed E-state index contributed by atoms with van der Waals surface area (Å²) in [7, 11) is 5.75. The van der Waals surface area contributed by atoms with Crippen LogP contribution < -0.4 is 16.4 Å². The second-order valence-electron chi connectivity index (χ2n) is 31.8. The molecule has 1 aromatic heterocycles. The summed E-state index contributed by atoms with van der Waals surface area (Å²) in [5.74, 6) is -2.21. The third-order valence-corrected chi connectivity index (χ3v) is 31.2. The predicted molar refractivity (Wildman–Crippen MR) is 330 cm³/mol. The summed E-state index contributed by atoms with van der Waals surface area (Å²) in [4.78, 5) is 25.7. The zero-order chi connectivity index (χ0) is 58.7. The first kappa shape index (κ1) is 59.4. The van der Waals surface area contributed by atoms with Gasteiger partial charge in [0.2, 0.25) is 0 Å². The van der Waals surface area contributed by atoms with Crippen molar-refractivity contribution in [2.75, 3.05) is 32.5 Å². The number of aromatic nitrogens is 2. The number of ketones is 1. The van der Waals surface area contributed by atoms with Crippen LogP contribution in [-0.4, -0.2) is 131 Å². The van der Waals surface area contributed by atoms with Gasteiger partial charge in [-0.3, -0.25) is 9.79 Å². The lowest BCUT2D eigenvalue weighted by Gasteiger charge is -2.66. The maximum Gasteiger partial charge on any atom is 0.190 e. The zero-order valence-electron chi connectivity index (χ0n) is 51.1. The number of carbonyl (C=O) groups is 1. The Bertz CT molecular complexity index is 2840. The molecule has 13 aliphatic rings. The molecule has 4 bridgehead atoms. The van der Waals surface area contributed by atoms with Gasteiger partial charge in [0.1, 0.15) is 6.23 Å². The van der Waals surface area contributed by atoms with Gasteiger partial charge in [0.25, 0.3) is 0 Å². The molecule has 84 heavy (non-hydrogen) atoms. The maximum atomic E-state index is 15.9. The monoisotopic (exact) mass is 1190 g/mol. The molecule has 14 rings (SSSR count). The normalized spacial score (nSPS) is 47.6. The first-order valence-electron chi connectivity index (χ1n) is 33.6. The number of nitrogens with two attached hydrogens (primary N) is 1. The Morgan fingerprint density at radius 1 is 0.893 bits per heavy atom. The Labute approximate surface area is 507 Å². The fraction of sp³-hybridized carbons (Fsp3) is 0.838. The highest BCUT2D eigenvalue weighted by Crippen LogP contribution is 2.81. The molecule has 12 aliphatic carbocycles. The van der Waals surface area contributed by atoms with Crippen molar-refractivity contribution in [1.29, 1.82) is 0 Å². The number of nitrogens with one attached hydrogen (secondary N) is 2. The van der Waals surface area contributed by atoms with Crippen molar-refractivity contribution in [3.05, 3.63) is 52.7 Å². The summed E-state index contributed by atoms with van der Waals surface area (Å²) in [6.45, 7) is 8.85. The minimum absolute atomic E-state index is 0.0681. The van der Waals surface area contributed by atoms with Gasteiger partial charge >= 0.3 is 0 Å². The van der Waals surface area contributed by atoms with Crippen LogP contribution in [0.25, 0.3) is 0 Å². The minimum Gasteiger partial charge on any atom is -0.396 e. The molecule has 1 aromatic rings. The largest absolute Gasteiger partial charge is 0.396 e. The number of aliphatic hydroxyl groups excluding tert-OH is 6. The zero-order valence-corrected chi connectivity index (χ0v) is 52.8. The second kappa shape index (κ2) is 21.2. The molecule has 21 atom stereocenters. The van der Waals surface area contributed by atoms with E-state index >= 15 is 9.90 Å². The lowest BCUT2D eigenvalue weighted by molar-refractivity contribution is -0.198. The molecular weight excluding hydrogens is 1090 g/mol. The van der Waals surface area contributed by atoms with Crippen LogP contribution in [0, 0.1) is 91.7 Å². The molecule has 11 N–H and O–H groups in total. The van der Waals surface area contributed by atoms with E-state index < -0.39 is 81.4 Å². The van der Waals surface area contributed by atoms with Gasteiger partial charge < -0.3 is 56.7 Å². The van der Waals surface area contributed by atoms with Crippen LogP contribution in [-0.2, 0) is 4.79 Å². The maximum absolute atomic E-state index is 15.9. The number of hydrogen-bond acceptors (Lipinski definition) is 13. The van der Waals surface area contributed by atoms with Gasteiger partial charge in [0.15, 0.2) is 11.7 Å². The van der Waals surface area contributed by atoms with E-state index in [9.17, 15) is 30.6 Å². The van der Waals surface area contributed by atoms with Crippen molar-refractivity contribution in [2.45, 2.75) is 229 Å². The number of aliphatic hydroxyl groups is 7. The van der Waals surface area contributed by atoms with Crippen LogP contribution in [0.1, 0.15) is 188 Å². The van der Waals surface area contributed by atoms with Crippen molar-refractivity contribution >= 4 is 33.3 Å². The SMILES string of the molecule is CNC[C@H]1[C@@H](O)[C@@H](O)C[C@]2(C)[C@@H]3C(=CC(=O)[C@H]12)[C@]1(O)[C@@H]2C[C@H]([C@@H]4C[C@H]5CCCC6=C5[C@H](C(=C5CCCC7(CCCC7)[C@H]65)C(C)(C)C[C@H](n5ccnc5)CSS[C@@]25CCC[C@@]52C[C@@H](O)C5(CCCC5)C2)[C@H]4O)[C@@]1(CO)C[C@H]3CN=C(N)N[C@@H](C)O. The molecule has 1 aliphatic heterocycles. The number of nitrogens with zero attached hydrogens (tertiary/aromatic N) is 3. The van der Waals surface area contributed by atoms with E-state index in [0.717, 1.165) is 95.6 Å². The van der Waals surface area contributed by atoms with Gasteiger partial charge in [-0.15, -0.1) is 0 Å². The lowest BCUT2D eigenvalue weighted by Crippen LogP contribution is -2.70. The molecule has 464 valence electrons. The van der Waals surface area contributed by atoms with E-state index in [1.54, 1.807) is 29.7 Å². The molecule has 0 amide bonds. The van der Waals surface area contributed by atoms with Crippen molar-refractivity contribution in [2.24, 2.45) is 102 Å². The highest BCUT2D eigenvalue weighted by molar-refractivity contribution is 8.77. The van der Waals surface area contributed by atoms with Crippen molar-refractivity contribution in [3.63, 3.8) is 0 Å². The molecule has 10 fully saturated rings. The van der Waals surface area contributed by atoms with E-state index in [1.807, 2.05) is 41.2 Å². The molecule has 16 heteroatoms. The Kier molecular flexibility index (Phi) is 15.0. The molecule has 14 nitrogen and oxygen atoms in total. The molecule has 1 saturated heterocycles. The van der Waals surface area contributed by atoms with Crippen LogP contribution in [0.4, 0.5) is 0 Å². The molecule has 0 radical (unpaired) electrons. The number of imidazole rings is 1. The summed E-state index contributed by atoms with van der Waals surface area (Å²) in [6.07, 6.45) is 26.4. The van der Waals surface area contributed by atoms with Gasteiger partial charge in [-0.25, -0.2) is 4.98 Å². The van der Waals surface area contributed by atoms with Crippen LogP contribution in [0.2, 0.25) is 0 Å². The van der Waals surface area contributed by atoms with Gasteiger partial charge in [-0.05, 0) is 204 Å². The number of allylic oxidation sites excluding steroid dienone is 3. The van der Waals surface area contributed by atoms with Crippen LogP contribution >= 0.6 is 21.6 Å². The second-order valence-corrected chi connectivity index (χ2v) is 34.4. The van der Waals surface area contributed by atoms with E-state index in [-0.39, 0.29) is 82.7 Å². The standard InChI is InChI=1S/C68H102N6O8S2/c1-38(76)73-60(69)72-32-40-28-66(36-75)46-27-50(68(66,82)47-26-48(77)56-45(33-70-5)58(80)49(78)30-62(56,4)54(40)47)67(22-12-21-65(67)31-51(79)64(35-65)18-8-9-19-64)84-83-34-41(74-24-23-71-37-74)29-61(2,3)57-43-15-11-20-63(16-6-7-17-63)55(43)42-14-10-13-39-25-44(46)59(81)53(57)52(39)42/h23-24,26,37-41,44-46,49-51,53-56,58-59,70,75-76,78-82H,6-22,25,27-36H2,1-5H3,(H3,69,72,73)/t38-,39-,40+,41+,44+,45-,46-,49+,50-,51-,53-,54+,55-,56+,58-,59+,62-,65+,66+,67+,68+/m1/s1. The summed E-state index contributed by atoms with van der Waals surface area (Å²) in [5, 5.41) is 97.4. The minimum atomic E-state index is -1.78. The third-order valence-electron chi connectivity index (χ3n) is 27.7. The Morgan fingerprint density at radius 3 is 2.35 bits per heavy atom. The summed E-state index contributed by atoms with van der Waals surface area (Å²) in [6, 6.07) is 0.0681. The average Bonchev–Trinajstić information content (AvgIpc) is 1.36. The van der Waals surface area contributed by atoms with Crippen molar-refractivity contribution < 1.29 is 40.5 Å². The number of guanidine groups is 1. The predicted octanol–water partition coefficient (Wildman–Crippen LogP) is 8.94. The molecule has 2 heterocycles. The summed E-state index contributed by atoms with van der Waals surface area (Å²) >= 11 is 0. The van der Waals surface area contributed by atoms with E-state index in [0.29, 0.717) is 37.3 Å². The fourth-order valence-corrected chi connectivity index (χ4v) is 29.4. The van der Waals surface area contributed by atoms with Crippen LogP contribution in [0.15, 0.2) is 57.7 Å². The van der Waals surface area contributed by atoms with Crippen molar-refractivity contribution in [3.8, 4) is 0 Å². The highest BCUT2D eigenvalue weighted by Gasteiger charge is 2.81. The quantitative estimate of drug-likeness (QED) is 0.0404. The van der Waals surface area contributed by atoms with Gasteiger partial charge in [-0.1, -0.05) is 96.8 Å². The number of fused-ring (bicyclic) bond motifs is 16. The number of carbonyl (C=O) groups excluding carboxylic acids is 1. The number of hydrogen-bond donors (Lipinski definition) is 10. The van der Waals surface area contributed by atoms with Gasteiger partial charge in [0.05, 0.1) is 43.0 Å². The smallest absolute Gasteiger partial charge is 0.190 e. The highest BCUT2D eigenvalue weighted by atomic mass is 33.1. The van der Waals surface area contributed by atoms with Crippen LogP contribution in [0.5, 0.6) is 0 Å². The molecule has 0 unspecified atom stereocenters. The Morgan fingerprint density at radius 2 is 1.63 bits per heavy atom. The van der Waals surface area contributed by atoms with E-state index in [1.165, 1.54) is 44.1 Å². The lowest BCUT2D eigenvalue weighted by atomic mass is 9.40. The Balaban J connectivity index is 1.03. The van der Waals surface area contributed by atoms with Crippen molar-refractivity contribution in [1.82, 2.24) is 20.2 Å². The van der Waals surface area contributed by atoms with E-state index in [4.69, 9.17) is 15.7 Å². The third kappa shape index (κ3) is 8.32. The van der Waals surface area contributed by atoms with Crippen LogP contribution in [0.3, 0.4) is 0 Å². The Hall–Kier alpha value is -2.25. The molecule has 0 aromatic carbocycles. The first-order chi connectivity index (χ1) is 40.2. The number of rotatable bonds is 7. The summed E-state index contributed by atoms with van der Waals surface area (Å²) in [5.41, 5.74) is 8.99. The fourth-order valence-electron chi connectivity index (χ4n) is 25.2. The van der Waals surface area contributed by atoms with Gasteiger partial charge in [0, 0.05) is 77.0 Å². The first-order valence-corrected chi connectivity index (χ1v) is 35.9. The number of aliphatic imine (C=N–C) groups is 1. The summed E-state index contributed by atoms with van der Waals surface area (Å²) < 4.78 is 1.73. The molecule has 4 spiro atoms. The van der Waals surface area contributed by atoms with Gasteiger partial charge in [-0.2, -0.15) is 0 Å². The molecule has 9 saturated carbocycles. The van der Waals surface area contributed by atoms with E-state index in [2.05, 4.69) is 42.2 Å².